The van der Waals surface area contributed by atoms with E-state index in [1.54, 1.807) is 24.3 Å². The number of hydrogen-bond acceptors (Lipinski definition) is 4. The minimum Gasteiger partial charge on any atom is -0.479 e. The second kappa shape index (κ2) is 6.64. The molecule has 0 radical (unpaired) electrons. The maximum Gasteiger partial charge on any atom is 0.345 e. The first-order valence-electron chi connectivity index (χ1n) is 5.80. The van der Waals surface area contributed by atoms with Crippen LogP contribution in [0, 0.1) is 0 Å². The smallest absolute Gasteiger partial charge is 0.345 e. The van der Waals surface area contributed by atoms with Crippen molar-refractivity contribution < 1.29 is 19.4 Å². The molecule has 1 aromatic rings. The molecule has 1 rings (SSSR count). The Kier molecular flexibility index (Phi) is 5.17. The molecular formula is C13H17NO4. The predicted molar refractivity (Wildman–Crippen MR) is 67.0 cm³/mol. The third-order valence-corrected chi connectivity index (χ3v) is 2.49. The SMILES string of the molecule is CCCC(OC(=O)Cc1ccccc1N)C(=O)O. The van der Waals surface area contributed by atoms with Crippen LogP contribution in [0.4, 0.5) is 5.69 Å². The fraction of sp³-hybridized carbons (Fsp3) is 0.385. The van der Waals surface area contributed by atoms with Gasteiger partial charge in [0.2, 0.25) is 0 Å². The molecule has 1 aromatic carbocycles. The molecule has 1 atom stereocenters. The van der Waals surface area contributed by atoms with Crippen LogP contribution in [0.2, 0.25) is 0 Å². The van der Waals surface area contributed by atoms with Crippen LogP contribution in [-0.2, 0) is 20.7 Å². The molecule has 0 heterocycles. The van der Waals surface area contributed by atoms with Crippen LogP contribution < -0.4 is 5.73 Å². The number of hydrogen-bond donors (Lipinski definition) is 2. The van der Waals surface area contributed by atoms with Crippen molar-refractivity contribution in [3.05, 3.63) is 29.8 Å². The van der Waals surface area contributed by atoms with E-state index < -0.39 is 18.0 Å². The van der Waals surface area contributed by atoms with E-state index in [4.69, 9.17) is 15.6 Å². The molecule has 18 heavy (non-hydrogen) atoms. The molecule has 5 heteroatoms. The summed E-state index contributed by atoms with van der Waals surface area (Å²) >= 11 is 0. The van der Waals surface area contributed by atoms with Gasteiger partial charge in [-0.15, -0.1) is 0 Å². The van der Waals surface area contributed by atoms with Crippen LogP contribution in [0.25, 0.3) is 0 Å². The number of carbonyl (C=O) groups excluding carboxylic acids is 1. The van der Waals surface area contributed by atoms with E-state index in [0.717, 1.165) is 0 Å². The first-order chi connectivity index (χ1) is 8.54. The first-order valence-corrected chi connectivity index (χ1v) is 5.80. The van der Waals surface area contributed by atoms with Crippen molar-refractivity contribution >= 4 is 17.6 Å². The van der Waals surface area contributed by atoms with Crippen LogP contribution in [0.5, 0.6) is 0 Å². The Morgan fingerprint density at radius 1 is 1.39 bits per heavy atom. The van der Waals surface area contributed by atoms with E-state index in [1.165, 1.54) is 0 Å². The predicted octanol–water partition coefficient (Wildman–Crippen LogP) is 1.61. The summed E-state index contributed by atoms with van der Waals surface area (Å²) in [6.07, 6.45) is -0.143. The van der Waals surface area contributed by atoms with Crippen molar-refractivity contribution in [3.8, 4) is 0 Å². The van der Waals surface area contributed by atoms with Gasteiger partial charge in [0.15, 0.2) is 6.10 Å². The van der Waals surface area contributed by atoms with Crippen LogP contribution >= 0.6 is 0 Å². The second-order valence-corrected chi connectivity index (χ2v) is 3.98. The summed E-state index contributed by atoms with van der Waals surface area (Å²) in [7, 11) is 0. The van der Waals surface area contributed by atoms with Crippen molar-refractivity contribution in [2.75, 3.05) is 5.73 Å². The quantitative estimate of drug-likeness (QED) is 0.592. The Bertz CT molecular complexity index is 431. The lowest BCUT2D eigenvalue weighted by Crippen LogP contribution is -2.27. The fourth-order valence-corrected chi connectivity index (χ4v) is 1.55. The molecule has 0 spiro atoms. The van der Waals surface area contributed by atoms with E-state index in [2.05, 4.69) is 0 Å². The molecule has 0 bridgehead atoms. The Labute approximate surface area is 106 Å². The van der Waals surface area contributed by atoms with Crippen molar-refractivity contribution in [1.82, 2.24) is 0 Å². The van der Waals surface area contributed by atoms with Gasteiger partial charge < -0.3 is 15.6 Å². The molecule has 0 aromatic heterocycles. The minimum atomic E-state index is -1.12. The summed E-state index contributed by atoms with van der Waals surface area (Å²) in [5, 5.41) is 8.87. The van der Waals surface area contributed by atoms with Crippen molar-refractivity contribution in [2.45, 2.75) is 32.3 Å². The van der Waals surface area contributed by atoms with Gasteiger partial charge in [-0.3, -0.25) is 4.79 Å². The van der Waals surface area contributed by atoms with Gasteiger partial charge in [-0.1, -0.05) is 31.5 Å². The number of aliphatic carboxylic acids is 1. The number of carboxylic acids is 1. The number of anilines is 1. The number of nitrogen functional groups attached to an aromatic ring is 1. The van der Waals surface area contributed by atoms with Gasteiger partial charge in [-0.2, -0.15) is 0 Å². The molecule has 0 saturated carbocycles. The standard InChI is InChI=1S/C13H17NO4/c1-2-5-11(13(16)17)18-12(15)8-9-6-3-4-7-10(9)14/h3-4,6-7,11H,2,5,8,14H2,1H3,(H,16,17). The zero-order valence-corrected chi connectivity index (χ0v) is 10.3. The molecule has 0 saturated heterocycles. The summed E-state index contributed by atoms with van der Waals surface area (Å²) in [6, 6.07) is 6.93. The highest BCUT2D eigenvalue weighted by molar-refractivity contribution is 5.80. The van der Waals surface area contributed by atoms with Gasteiger partial charge in [-0.05, 0) is 18.1 Å². The summed E-state index contributed by atoms with van der Waals surface area (Å²) in [4.78, 5) is 22.5. The van der Waals surface area contributed by atoms with Gasteiger partial charge in [0.05, 0.1) is 6.42 Å². The monoisotopic (exact) mass is 251 g/mol. The minimum absolute atomic E-state index is 0.0137. The highest BCUT2D eigenvalue weighted by Crippen LogP contribution is 2.13. The van der Waals surface area contributed by atoms with Crippen LogP contribution in [0.1, 0.15) is 25.3 Å². The van der Waals surface area contributed by atoms with Crippen molar-refractivity contribution in [1.29, 1.82) is 0 Å². The van der Waals surface area contributed by atoms with Crippen LogP contribution in [-0.4, -0.2) is 23.1 Å². The molecule has 3 N–H and O–H groups in total. The molecule has 0 aliphatic heterocycles. The van der Waals surface area contributed by atoms with E-state index in [0.29, 0.717) is 24.1 Å². The van der Waals surface area contributed by atoms with Crippen molar-refractivity contribution in [3.63, 3.8) is 0 Å². The highest BCUT2D eigenvalue weighted by Gasteiger charge is 2.21. The average Bonchev–Trinajstić information content (AvgIpc) is 2.31. The summed E-state index contributed by atoms with van der Waals surface area (Å²) in [6.45, 7) is 1.83. The van der Waals surface area contributed by atoms with E-state index >= 15 is 0 Å². The van der Waals surface area contributed by atoms with Gasteiger partial charge in [0, 0.05) is 5.69 Å². The van der Waals surface area contributed by atoms with Crippen molar-refractivity contribution in [2.24, 2.45) is 0 Å². The van der Waals surface area contributed by atoms with Crippen LogP contribution in [0.15, 0.2) is 24.3 Å². The van der Waals surface area contributed by atoms with Gasteiger partial charge in [-0.25, -0.2) is 4.79 Å². The Hall–Kier alpha value is -2.04. The zero-order chi connectivity index (χ0) is 13.5. The number of nitrogens with two attached hydrogens (primary N) is 1. The van der Waals surface area contributed by atoms with Gasteiger partial charge in [0.1, 0.15) is 0 Å². The number of carbonyl (C=O) groups is 2. The van der Waals surface area contributed by atoms with E-state index in [9.17, 15) is 9.59 Å². The van der Waals surface area contributed by atoms with E-state index in [1.807, 2.05) is 6.92 Å². The molecule has 0 fully saturated rings. The Morgan fingerprint density at radius 2 is 2.06 bits per heavy atom. The summed E-state index contributed by atoms with van der Waals surface area (Å²) in [5.74, 6) is -1.69. The number of rotatable bonds is 6. The maximum absolute atomic E-state index is 11.6. The second-order valence-electron chi connectivity index (χ2n) is 3.98. The number of benzene rings is 1. The lowest BCUT2D eigenvalue weighted by atomic mass is 10.1. The molecule has 0 amide bonds. The normalized spacial score (nSPS) is 11.8. The number of para-hydroxylation sites is 1. The number of esters is 1. The fourth-order valence-electron chi connectivity index (χ4n) is 1.55. The molecule has 98 valence electrons. The number of carboxylic acid groups (broad SMARTS) is 1. The van der Waals surface area contributed by atoms with Crippen LogP contribution in [0.3, 0.4) is 0 Å². The molecular weight excluding hydrogens is 234 g/mol. The molecule has 5 nitrogen and oxygen atoms in total. The topological polar surface area (TPSA) is 89.6 Å². The maximum atomic E-state index is 11.6. The first kappa shape index (κ1) is 14.0. The zero-order valence-electron chi connectivity index (χ0n) is 10.3. The molecule has 1 unspecified atom stereocenters. The molecule has 0 aliphatic rings. The highest BCUT2D eigenvalue weighted by atomic mass is 16.6. The largest absolute Gasteiger partial charge is 0.479 e. The van der Waals surface area contributed by atoms with Gasteiger partial charge in [0.25, 0.3) is 0 Å². The average molecular weight is 251 g/mol. The lowest BCUT2D eigenvalue weighted by Gasteiger charge is -2.13. The third kappa shape index (κ3) is 4.08. The third-order valence-electron chi connectivity index (χ3n) is 2.49. The lowest BCUT2D eigenvalue weighted by molar-refractivity contribution is -0.164. The Morgan fingerprint density at radius 3 is 2.61 bits per heavy atom. The Balaban J connectivity index is 2.61. The molecule has 0 aliphatic carbocycles. The van der Waals surface area contributed by atoms with E-state index in [-0.39, 0.29) is 6.42 Å². The summed E-state index contributed by atoms with van der Waals surface area (Å²) in [5.41, 5.74) is 6.83. The summed E-state index contributed by atoms with van der Waals surface area (Å²) < 4.78 is 4.92. The van der Waals surface area contributed by atoms with Gasteiger partial charge >= 0.3 is 11.9 Å². The number of ether oxygens (including phenoxy) is 1.